The molecule has 0 fully saturated rings. The number of H-pyrrole nitrogens is 1. The van der Waals surface area contributed by atoms with Crippen LogP contribution in [0, 0.1) is 35.0 Å². The molecule has 23 nitrogen and oxygen atoms in total. The predicted molar refractivity (Wildman–Crippen MR) is 252 cm³/mol. The topological polar surface area (TPSA) is 399 Å². The van der Waals surface area contributed by atoms with Gasteiger partial charge in [-0.25, -0.2) is 4.98 Å². The van der Waals surface area contributed by atoms with Gasteiger partial charge < -0.3 is 58.8 Å². The summed E-state index contributed by atoms with van der Waals surface area (Å²) in [6.07, 6.45) is -0.295. The van der Waals surface area contributed by atoms with E-state index in [-0.39, 0.29) is 55.7 Å². The van der Waals surface area contributed by atoms with Crippen molar-refractivity contribution in [2.45, 2.75) is 143 Å². The third-order valence-corrected chi connectivity index (χ3v) is 10.9. The summed E-state index contributed by atoms with van der Waals surface area (Å²) in [5, 5.41) is 40.3. The number of Topliss-reactive ketones (excluding diaryl/α,β-unsaturated/α-hetero) is 5. The van der Waals surface area contributed by atoms with Crippen molar-refractivity contribution in [2.75, 3.05) is 26.3 Å². The van der Waals surface area contributed by atoms with E-state index in [1.807, 2.05) is 34.6 Å². The van der Waals surface area contributed by atoms with E-state index in [1.54, 1.807) is 20.8 Å². The number of hydrogen-bond donors (Lipinski definition) is 11. The highest BCUT2D eigenvalue weighted by Crippen LogP contribution is 2.26. The van der Waals surface area contributed by atoms with Crippen molar-refractivity contribution in [2.24, 2.45) is 57.2 Å². The van der Waals surface area contributed by atoms with Crippen molar-refractivity contribution in [1.29, 1.82) is 0 Å². The number of hydrogen-bond acceptors (Lipinski definition) is 15. The Kier molecular flexibility index (Phi) is 25.8. The fourth-order valence-corrected chi connectivity index (χ4v) is 7.46. The molecule has 388 valence electrons. The number of carboxylic acids is 1. The van der Waals surface area contributed by atoms with Gasteiger partial charge in [0.05, 0.1) is 62.8 Å². The largest absolute Gasteiger partial charge is 0.481 e. The van der Waals surface area contributed by atoms with Crippen LogP contribution in [0.3, 0.4) is 0 Å². The molecule has 23 heteroatoms. The van der Waals surface area contributed by atoms with E-state index >= 15 is 0 Å². The van der Waals surface area contributed by atoms with E-state index in [1.165, 1.54) is 12.5 Å². The molecule has 0 aliphatic heterocycles. The quantitative estimate of drug-likeness (QED) is 0.0227. The lowest BCUT2D eigenvalue weighted by Gasteiger charge is -2.29. The number of nitrogens with zero attached hydrogens (tertiary/aromatic N) is 2. The van der Waals surface area contributed by atoms with Crippen molar-refractivity contribution in [3.8, 4) is 0 Å². The van der Waals surface area contributed by atoms with Gasteiger partial charge in [0.15, 0.2) is 29.1 Å². The van der Waals surface area contributed by atoms with Gasteiger partial charge in [0.25, 0.3) is 0 Å². The molecule has 14 N–H and O–H groups in total. The normalized spacial score (nSPS) is 14.8. The Morgan fingerprint density at radius 3 is 1.78 bits per heavy atom. The minimum Gasteiger partial charge on any atom is -0.481 e. The summed E-state index contributed by atoms with van der Waals surface area (Å²) in [6, 6.07) is -3.93. The Bertz CT molecular complexity index is 1950. The fraction of sp³-hybridized carbons (Fsp3) is 0.696. The van der Waals surface area contributed by atoms with Crippen LogP contribution in [0.2, 0.25) is 0 Å². The number of carbonyl (C=O) groups excluding carboxylic acids is 9. The van der Waals surface area contributed by atoms with E-state index in [9.17, 15) is 63.3 Å². The van der Waals surface area contributed by atoms with Crippen molar-refractivity contribution in [3.05, 3.63) is 18.2 Å². The molecule has 69 heavy (non-hydrogen) atoms. The van der Waals surface area contributed by atoms with Crippen LogP contribution < -0.4 is 38.5 Å². The van der Waals surface area contributed by atoms with Crippen LogP contribution in [0.4, 0.5) is 0 Å². The van der Waals surface area contributed by atoms with Gasteiger partial charge >= 0.3 is 5.97 Å². The lowest BCUT2D eigenvalue weighted by Crippen LogP contribution is -2.50. The van der Waals surface area contributed by atoms with Gasteiger partial charge in [-0.1, -0.05) is 34.6 Å². The molecule has 1 heterocycles. The van der Waals surface area contributed by atoms with E-state index in [0.29, 0.717) is 12.1 Å². The lowest BCUT2D eigenvalue weighted by atomic mass is 9.78. The fourth-order valence-electron chi connectivity index (χ4n) is 7.46. The molecule has 0 saturated heterocycles. The Morgan fingerprint density at radius 2 is 1.28 bits per heavy atom. The summed E-state index contributed by atoms with van der Waals surface area (Å²) in [6.45, 7) is 12.3. The summed E-state index contributed by atoms with van der Waals surface area (Å²) in [7, 11) is 0. The highest BCUT2D eigenvalue weighted by Gasteiger charge is 2.37. The van der Waals surface area contributed by atoms with Crippen LogP contribution in [0.15, 0.2) is 17.5 Å². The monoisotopic (exact) mass is 977 g/mol. The number of imidazole rings is 1. The van der Waals surface area contributed by atoms with Crippen LogP contribution in [-0.2, 0) is 54.4 Å². The van der Waals surface area contributed by atoms with Crippen molar-refractivity contribution in [3.63, 3.8) is 0 Å². The molecule has 0 aliphatic rings. The first-order chi connectivity index (χ1) is 32.0. The zero-order chi connectivity index (χ0) is 52.8. The van der Waals surface area contributed by atoms with Crippen molar-refractivity contribution >= 4 is 64.5 Å². The number of rotatable bonds is 34. The van der Waals surface area contributed by atoms with Gasteiger partial charge in [-0.15, -0.1) is 0 Å². The second-order valence-corrected chi connectivity index (χ2v) is 19.9. The molecule has 0 spiro atoms. The maximum Gasteiger partial charge on any atom is 0.304 e. The number of aliphatic hydroxyl groups excluding tert-OH is 2. The molecular formula is C46H76N10O13. The molecule has 0 aliphatic carbocycles. The van der Waals surface area contributed by atoms with Gasteiger partial charge in [0, 0.05) is 66.9 Å². The van der Waals surface area contributed by atoms with Crippen LogP contribution in [0.5, 0.6) is 0 Å². The van der Waals surface area contributed by atoms with Gasteiger partial charge in [0.1, 0.15) is 11.8 Å². The average molecular weight is 977 g/mol. The number of guanidine groups is 1. The van der Waals surface area contributed by atoms with E-state index in [4.69, 9.17) is 17.2 Å². The SMILES string of the molecule is CC(C)C[C@H](NC(C)(C)C)C(=O)C[C@H](CO)C(=O)NCC(=O)C[C@H](CCCN=C(N)N)C(=O)N[C@@H](CO)C(=O)C[C@H](CC(=O)O)C(=O)N[C@@H](CC(N)=O)C(=O)C[C@H](Cc1cnc[nH]1)C(=O)C(C)(C)C. The highest BCUT2D eigenvalue weighted by atomic mass is 16.4. The smallest absolute Gasteiger partial charge is 0.304 e. The molecule has 0 radical (unpaired) electrons. The van der Waals surface area contributed by atoms with Crippen molar-refractivity contribution in [1.82, 2.24) is 31.2 Å². The number of amides is 4. The summed E-state index contributed by atoms with van der Waals surface area (Å²) >= 11 is 0. The third kappa shape index (κ3) is 24.3. The predicted octanol–water partition coefficient (Wildman–Crippen LogP) is -0.854. The number of carbonyl (C=O) groups is 10. The Hall–Kier alpha value is -5.94. The third-order valence-electron chi connectivity index (χ3n) is 10.9. The molecule has 1 aromatic rings. The molecule has 0 unspecified atom stereocenters. The zero-order valence-electron chi connectivity index (χ0n) is 41.2. The molecule has 4 amide bonds. The maximum atomic E-state index is 13.7. The molecule has 0 aromatic carbocycles. The molecule has 0 saturated carbocycles. The first-order valence-electron chi connectivity index (χ1n) is 23.0. The number of primary amides is 1. The maximum absolute atomic E-state index is 13.7. The summed E-state index contributed by atoms with van der Waals surface area (Å²) in [5.74, 6) is -13.5. The number of carboxylic acid groups (broad SMARTS) is 1. The van der Waals surface area contributed by atoms with Gasteiger partial charge in [-0.05, 0) is 52.4 Å². The Morgan fingerprint density at radius 1 is 0.710 bits per heavy atom. The number of nitrogens with two attached hydrogens (primary N) is 3. The molecule has 7 atom stereocenters. The second kappa shape index (κ2) is 29.2. The number of aromatic amines is 1. The van der Waals surface area contributed by atoms with Gasteiger partial charge in [-0.2, -0.15) is 0 Å². The highest BCUT2D eigenvalue weighted by molar-refractivity contribution is 5.99. The zero-order valence-corrected chi connectivity index (χ0v) is 41.2. The summed E-state index contributed by atoms with van der Waals surface area (Å²) in [4.78, 5) is 142. The summed E-state index contributed by atoms with van der Waals surface area (Å²) in [5.41, 5.74) is 15.5. The van der Waals surface area contributed by atoms with Crippen LogP contribution in [-0.4, -0.2) is 140 Å². The number of aliphatic carboxylic acids is 1. The first kappa shape index (κ1) is 61.1. The Labute approximate surface area is 403 Å². The van der Waals surface area contributed by atoms with E-state index in [2.05, 4.69) is 36.2 Å². The van der Waals surface area contributed by atoms with E-state index < -0.39 is 152 Å². The number of aromatic nitrogens is 2. The van der Waals surface area contributed by atoms with Crippen LogP contribution >= 0.6 is 0 Å². The lowest BCUT2D eigenvalue weighted by molar-refractivity contribution is -0.143. The second-order valence-electron chi connectivity index (χ2n) is 19.9. The molecular weight excluding hydrogens is 901 g/mol. The van der Waals surface area contributed by atoms with Gasteiger partial charge in [-0.3, -0.25) is 52.9 Å². The van der Waals surface area contributed by atoms with Gasteiger partial charge in [0.2, 0.25) is 23.6 Å². The average Bonchev–Trinajstić information content (AvgIpc) is 3.75. The number of aliphatic imine (C=N–C) groups is 1. The number of ketones is 5. The minimum atomic E-state index is -1.72. The first-order valence-corrected chi connectivity index (χ1v) is 23.0. The van der Waals surface area contributed by atoms with Crippen molar-refractivity contribution < 1.29 is 63.3 Å². The van der Waals surface area contributed by atoms with Crippen LogP contribution in [0.1, 0.15) is 119 Å². The number of aliphatic hydroxyl groups is 2. The van der Waals surface area contributed by atoms with Crippen LogP contribution in [0.25, 0.3) is 0 Å². The standard InChI is InChI=1S/C46H76N10O13/c1-25(2)12-33(56-46(6,7)8)36(61)17-29(22-57)41(67)52-21-31(59)14-26(10-9-11-51-44(48)49)42(68)55-34(23-58)37(62)16-28(18-39(64)65)43(69)54-32(19-38(47)63)35(60)15-27(40(66)45(3,4)5)13-30-20-50-24-53-30/h20,24-29,32-34,56-58H,9-19,21-23H2,1-8H3,(H2,47,63)(H,50,53)(H,52,67)(H,54,69)(H,55,68)(H,64,65)(H4,48,49,51)/t26-,27-,28+,29+,32-,33-,34-/m0/s1. The molecule has 1 aromatic heterocycles. The van der Waals surface area contributed by atoms with E-state index in [0.717, 1.165) is 0 Å². The molecule has 0 bridgehead atoms. The summed E-state index contributed by atoms with van der Waals surface area (Å²) < 4.78 is 0. The number of nitrogens with one attached hydrogen (secondary N) is 5. The Balaban J connectivity index is 3.23. The molecule has 1 rings (SSSR count). The minimum absolute atomic E-state index is 0.0379.